The second-order valence-electron chi connectivity index (χ2n) is 3.46. The third-order valence-electron chi connectivity index (χ3n) is 2.05. The maximum atomic E-state index is 5.57. The summed E-state index contributed by atoms with van der Waals surface area (Å²) in [5, 5.41) is 3.34. The van der Waals surface area contributed by atoms with E-state index in [1.807, 2.05) is 0 Å². The number of alkyl halides is 1. The first-order valence-electron chi connectivity index (χ1n) is 5.75. The van der Waals surface area contributed by atoms with Gasteiger partial charge in [-0.1, -0.05) is 6.42 Å². The molecule has 3 nitrogen and oxygen atoms in total. The zero-order valence-electron chi connectivity index (χ0n) is 9.77. The van der Waals surface area contributed by atoms with Crippen molar-refractivity contribution in [2.24, 2.45) is 0 Å². The summed E-state index contributed by atoms with van der Waals surface area (Å²) in [5.41, 5.74) is 0. The van der Waals surface area contributed by atoms with E-state index in [1.54, 1.807) is 7.11 Å². The molecule has 0 spiro atoms. The normalized spacial score (nSPS) is 10.8. The second-order valence-corrected chi connectivity index (χ2v) is 3.84. The molecule has 0 radical (unpaired) electrons. The molecule has 0 amide bonds. The minimum absolute atomic E-state index is 0.780. The van der Waals surface area contributed by atoms with Crippen LogP contribution in [0, 0.1) is 0 Å². The first-order valence-corrected chi connectivity index (χ1v) is 6.28. The lowest BCUT2D eigenvalue weighted by Gasteiger charge is -2.05. The molecule has 0 bridgehead atoms. The van der Waals surface area contributed by atoms with E-state index in [-0.39, 0.29) is 0 Å². The quantitative estimate of drug-likeness (QED) is 0.416. The van der Waals surface area contributed by atoms with Gasteiger partial charge in [0, 0.05) is 32.7 Å². The standard InChI is InChI=1S/C11H24ClNO2/c1-14-9-5-10-15-11-8-13-7-4-2-3-6-12/h13H,2-11H2,1H3. The average molecular weight is 238 g/mol. The molecule has 0 aliphatic heterocycles. The Balaban J connectivity index is 2.81. The summed E-state index contributed by atoms with van der Waals surface area (Å²) >= 11 is 5.57. The minimum Gasteiger partial charge on any atom is -0.385 e. The number of halogens is 1. The van der Waals surface area contributed by atoms with E-state index in [4.69, 9.17) is 21.1 Å². The lowest BCUT2D eigenvalue weighted by atomic mass is 10.2. The summed E-state index contributed by atoms with van der Waals surface area (Å²) in [4.78, 5) is 0. The zero-order valence-corrected chi connectivity index (χ0v) is 10.5. The van der Waals surface area contributed by atoms with Gasteiger partial charge < -0.3 is 14.8 Å². The highest BCUT2D eigenvalue weighted by atomic mass is 35.5. The van der Waals surface area contributed by atoms with Crippen LogP contribution < -0.4 is 5.32 Å². The van der Waals surface area contributed by atoms with Gasteiger partial charge in [0.05, 0.1) is 6.61 Å². The molecule has 15 heavy (non-hydrogen) atoms. The van der Waals surface area contributed by atoms with Crippen LogP contribution in [0.4, 0.5) is 0 Å². The fourth-order valence-corrected chi connectivity index (χ4v) is 1.39. The summed E-state index contributed by atoms with van der Waals surface area (Å²) in [7, 11) is 1.71. The van der Waals surface area contributed by atoms with Gasteiger partial charge in [0.15, 0.2) is 0 Å². The Morgan fingerprint density at radius 2 is 1.80 bits per heavy atom. The van der Waals surface area contributed by atoms with Crippen LogP contribution in [-0.2, 0) is 9.47 Å². The van der Waals surface area contributed by atoms with Gasteiger partial charge in [0.2, 0.25) is 0 Å². The molecular formula is C11H24ClNO2. The number of hydrogen-bond donors (Lipinski definition) is 1. The smallest absolute Gasteiger partial charge is 0.0590 e. The maximum Gasteiger partial charge on any atom is 0.0590 e. The third kappa shape index (κ3) is 14.2. The molecule has 0 saturated carbocycles. The largest absolute Gasteiger partial charge is 0.385 e. The first kappa shape index (κ1) is 15.2. The summed E-state index contributed by atoms with van der Waals surface area (Å²) in [5.74, 6) is 0.780. The van der Waals surface area contributed by atoms with E-state index in [9.17, 15) is 0 Å². The van der Waals surface area contributed by atoms with E-state index in [0.717, 1.165) is 51.6 Å². The van der Waals surface area contributed by atoms with Gasteiger partial charge in [0.25, 0.3) is 0 Å². The lowest BCUT2D eigenvalue weighted by molar-refractivity contribution is 0.104. The molecule has 0 saturated heterocycles. The monoisotopic (exact) mass is 237 g/mol. The van der Waals surface area contributed by atoms with Crippen molar-refractivity contribution in [2.75, 3.05) is 45.9 Å². The van der Waals surface area contributed by atoms with Gasteiger partial charge in [-0.15, -0.1) is 11.6 Å². The molecular weight excluding hydrogens is 214 g/mol. The van der Waals surface area contributed by atoms with Gasteiger partial charge in [-0.3, -0.25) is 0 Å². The van der Waals surface area contributed by atoms with E-state index in [2.05, 4.69) is 5.32 Å². The Morgan fingerprint density at radius 3 is 2.53 bits per heavy atom. The van der Waals surface area contributed by atoms with Gasteiger partial charge in [-0.2, -0.15) is 0 Å². The van der Waals surface area contributed by atoms with Gasteiger partial charge >= 0.3 is 0 Å². The fourth-order valence-electron chi connectivity index (χ4n) is 1.20. The van der Waals surface area contributed by atoms with Crippen molar-refractivity contribution in [3.8, 4) is 0 Å². The average Bonchev–Trinajstić information content (AvgIpc) is 2.26. The van der Waals surface area contributed by atoms with Gasteiger partial charge in [-0.25, -0.2) is 0 Å². The topological polar surface area (TPSA) is 30.5 Å². The van der Waals surface area contributed by atoms with Crippen LogP contribution in [0.15, 0.2) is 0 Å². The summed E-state index contributed by atoms with van der Waals surface area (Å²) in [6, 6.07) is 0. The number of hydrogen-bond acceptors (Lipinski definition) is 3. The van der Waals surface area contributed by atoms with Crippen LogP contribution in [0.25, 0.3) is 0 Å². The molecule has 0 fully saturated rings. The Bertz CT molecular complexity index is 103. The van der Waals surface area contributed by atoms with Gasteiger partial charge in [0.1, 0.15) is 0 Å². The number of ether oxygens (including phenoxy) is 2. The Labute approximate surface area is 98.5 Å². The number of unbranched alkanes of at least 4 members (excludes halogenated alkanes) is 2. The van der Waals surface area contributed by atoms with Crippen LogP contribution in [0.2, 0.25) is 0 Å². The molecule has 92 valence electrons. The van der Waals surface area contributed by atoms with Crippen LogP contribution in [0.1, 0.15) is 25.7 Å². The molecule has 0 heterocycles. The highest BCUT2D eigenvalue weighted by Gasteiger charge is 1.90. The Kier molecular flexibility index (Phi) is 14.3. The fraction of sp³-hybridized carbons (Fsp3) is 1.00. The van der Waals surface area contributed by atoms with Crippen LogP contribution in [0.5, 0.6) is 0 Å². The summed E-state index contributed by atoms with van der Waals surface area (Å²) in [6.45, 7) is 4.37. The lowest BCUT2D eigenvalue weighted by Crippen LogP contribution is -2.21. The van der Waals surface area contributed by atoms with E-state index >= 15 is 0 Å². The van der Waals surface area contributed by atoms with Crippen molar-refractivity contribution in [2.45, 2.75) is 25.7 Å². The first-order chi connectivity index (χ1) is 7.41. The third-order valence-corrected chi connectivity index (χ3v) is 2.31. The minimum atomic E-state index is 0.780. The molecule has 0 atom stereocenters. The predicted molar refractivity (Wildman–Crippen MR) is 64.8 cm³/mol. The molecule has 0 aliphatic carbocycles. The molecule has 0 aliphatic rings. The van der Waals surface area contributed by atoms with Crippen molar-refractivity contribution in [1.82, 2.24) is 5.32 Å². The maximum absolute atomic E-state index is 5.57. The second kappa shape index (κ2) is 14.2. The van der Waals surface area contributed by atoms with Crippen molar-refractivity contribution in [3.63, 3.8) is 0 Å². The zero-order chi connectivity index (χ0) is 11.2. The number of methoxy groups -OCH3 is 1. The highest BCUT2D eigenvalue weighted by Crippen LogP contribution is 1.95. The Hall–Kier alpha value is 0.170. The van der Waals surface area contributed by atoms with Crippen molar-refractivity contribution >= 4 is 11.6 Å². The molecule has 4 heteroatoms. The number of nitrogens with one attached hydrogen (secondary N) is 1. The molecule has 0 aromatic rings. The molecule has 0 aromatic carbocycles. The SMILES string of the molecule is COCCCOCCNCCCCCCl. The molecule has 0 aromatic heterocycles. The molecule has 0 unspecified atom stereocenters. The van der Waals surface area contributed by atoms with Crippen LogP contribution in [-0.4, -0.2) is 45.9 Å². The van der Waals surface area contributed by atoms with E-state index in [1.165, 1.54) is 12.8 Å². The van der Waals surface area contributed by atoms with E-state index in [0.29, 0.717) is 0 Å². The van der Waals surface area contributed by atoms with Gasteiger partial charge in [-0.05, 0) is 25.8 Å². The Morgan fingerprint density at radius 1 is 0.933 bits per heavy atom. The number of rotatable bonds is 12. The summed E-state index contributed by atoms with van der Waals surface area (Å²) in [6.07, 6.45) is 4.52. The highest BCUT2D eigenvalue weighted by molar-refractivity contribution is 6.17. The molecule has 1 N–H and O–H groups in total. The van der Waals surface area contributed by atoms with Crippen molar-refractivity contribution < 1.29 is 9.47 Å². The van der Waals surface area contributed by atoms with Crippen LogP contribution >= 0.6 is 11.6 Å². The molecule has 0 rings (SSSR count). The van der Waals surface area contributed by atoms with Crippen molar-refractivity contribution in [3.05, 3.63) is 0 Å². The predicted octanol–water partition coefficient (Wildman–Crippen LogP) is 2.04. The van der Waals surface area contributed by atoms with Crippen LogP contribution in [0.3, 0.4) is 0 Å². The van der Waals surface area contributed by atoms with Crippen molar-refractivity contribution in [1.29, 1.82) is 0 Å². The van der Waals surface area contributed by atoms with E-state index < -0.39 is 0 Å². The summed E-state index contributed by atoms with van der Waals surface area (Å²) < 4.78 is 10.3.